The molecule has 15 heavy (non-hydrogen) atoms. The highest BCUT2D eigenvalue weighted by molar-refractivity contribution is 8.13. The number of aromatic amines is 1. The van der Waals surface area contributed by atoms with Crippen LogP contribution in [-0.2, 0) is 14.8 Å². The van der Waals surface area contributed by atoms with Crippen LogP contribution in [0, 0.1) is 0 Å². The van der Waals surface area contributed by atoms with Crippen LogP contribution >= 0.6 is 22.3 Å². The SMILES string of the molecule is O=S(=O)(Cl)Cc1cc(Cl)c2cc[nH]c2c1. The summed E-state index contributed by atoms with van der Waals surface area (Å²) in [5.41, 5.74) is 1.38. The van der Waals surface area contributed by atoms with Gasteiger partial charge in [-0.05, 0) is 23.8 Å². The summed E-state index contributed by atoms with van der Waals surface area (Å²) in [4.78, 5) is 2.96. The summed E-state index contributed by atoms with van der Waals surface area (Å²) in [7, 11) is 1.62. The van der Waals surface area contributed by atoms with Crippen molar-refractivity contribution >= 4 is 42.2 Å². The van der Waals surface area contributed by atoms with Gasteiger partial charge in [-0.3, -0.25) is 0 Å². The van der Waals surface area contributed by atoms with Crippen LogP contribution in [0.1, 0.15) is 5.56 Å². The van der Waals surface area contributed by atoms with E-state index in [2.05, 4.69) is 4.98 Å². The molecule has 1 aromatic heterocycles. The fourth-order valence-corrected chi connectivity index (χ4v) is 2.71. The number of hydrogen-bond donors (Lipinski definition) is 1. The van der Waals surface area contributed by atoms with Gasteiger partial charge < -0.3 is 4.98 Å². The molecule has 0 unspecified atom stereocenters. The van der Waals surface area contributed by atoms with Crippen LogP contribution in [0.5, 0.6) is 0 Å². The molecule has 0 saturated heterocycles. The largest absolute Gasteiger partial charge is 0.361 e. The van der Waals surface area contributed by atoms with E-state index in [0.29, 0.717) is 10.6 Å². The summed E-state index contributed by atoms with van der Waals surface area (Å²) >= 11 is 5.97. The van der Waals surface area contributed by atoms with E-state index in [1.807, 2.05) is 6.07 Å². The van der Waals surface area contributed by atoms with Crippen LogP contribution in [0.15, 0.2) is 24.4 Å². The average Bonchev–Trinajstić information content (AvgIpc) is 2.48. The Morgan fingerprint density at radius 2 is 2.07 bits per heavy atom. The highest BCUT2D eigenvalue weighted by Crippen LogP contribution is 2.25. The molecule has 6 heteroatoms. The van der Waals surface area contributed by atoms with Crippen LogP contribution < -0.4 is 0 Å². The van der Waals surface area contributed by atoms with Crippen LogP contribution in [0.4, 0.5) is 0 Å². The van der Waals surface area contributed by atoms with Crippen molar-refractivity contribution in [1.29, 1.82) is 0 Å². The van der Waals surface area contributed by atoms with E-state index in [1.54, 1.807) is 18.3 Å². The summed E-state index contributed by atoms with van der Waals surface area (Å²) in [5, 5.41) is 1.39. The Balaban J connectivity index is 2.54. The van der Waals surface area contributed by atoms with E-state index < -0.39 is 9.05 Å². The molecule has 0 spiro atoms. The van der Waals surface area contributed by atoms with Gasteiger partial charge in [0.05, 0.1) is 10.8 Å². The summed E-state index contributed by atoms with van der Waals surface area (Å²) in [5.74, 6) is -0.219. The summed E-state index contributed by atoms with van der Waals surface area (Å²) in [6, 6.07) is 5.16. The average molecular weight is 264 g/mol. The van der Waals surface area contributed by atoms with Crippen LogP contribution in [0.2, 0.25) is 5.02 Å². The number of hydrogen-bond acceptors (Lipinski definition) is 2. The van der Waals surface area contributed by atoms with Crippen molar-refractivity contribution in [3.05, 3.63) is 35.0 Å². The van der Waals surface area contributed by atoms with Crippen molar-refractivity contribution in [3.63, 3.8) is 0 Å². The lowest BCUT2D eigenvalue weighted by Crippen LogP contribution is -1.94. The molecule has 0 amide bonds. The van der Waals surface area contributed by atoms with Crippen molar-refractivity contribution in [3.8, 4) is 0 Å². The Morgan fingerprint density at radius 1 is 1.33 bits per heavy atom. The standard InChI is InChI=1S/C9H7Cl2NO2S/c10-8-3-6(5-15(11,13)14)4-9-7(8)1-2-12-9/h1-4,12H,5H2. The molecule has 0 aliphatic rings. The molecule has 1 aromatic carbocycles. The van der Waals surface area contributed by atoms with Gasteiger partial charge in [0, 0.05) is 27.8 Å². The van der Waals surface area contributed by atoms with E-state index >= 15 is 0 Å². The molecule has 0 radical (unpaired) electrons. The molecular weight excluding hydrogens is 257 g/mol. The number of benzene rings is 1. The quantitative estimate of drug-likeness (QED) is 0.848. The lowest BCUT2D eigenvalue weighted by atomic mass is 10.2. The Hall–Kier alpha value is -0.710. The van der Waals surface area contributed by atoms with Gasteiger partial charge in [-0.25, -0.2) is 8.42 Å². The van der Waals surface area contributed by atoms with Gasteiger partial charge in [-0.2, -0.15) is 0 Å². The molecule has 0 atom stereocenters. The second-order valence-corrected chi connectivity index (χ2v) is 6.38. The first-order chi connectivity index (χ1) is 6.96. The zero-order valence-electron chi connectivity index (χ0n) is 7.50. The van der Waals surface area contributed by atoms with Gasteiger partial charge in [0.25, 0.3) is 0 Å². The molecular formula is C9H7Cl2NO2S. The van der Waals surface area contributed by atoms with Gasteiger partial charge >= 0.3 is 0 Å². The molecule has 80 valence electrons. The fourth-order valence-electron chi connectivity index (χ4n) is 1.46. The topological polar surface area (TPSA) is 49.9 Å². The smallest absolute Gasteiger partial charge is 0.236 e. The Bertz CT molecular complexity index is 604. The number of halogens is 2. The first kappa shape index (κ1) is 10.8. The normalized spacial score (nSPS) is 12.1. The molecule has 3 nitrogen and oxygen atoms in total. The zero-order valence-corrected chi connectivity index (χ0v) is 9.83. The number of fused-ring (bicyclic) bond motifs is 1. The Labute approximate surface area is 96.4 Å². The first-order valence-corrected chi connectivity index (χ1v) is 6.99. The minimum absolute atomic E-state index is 0.219. The van der Waals surface area contributed by atoms with Crippen LogP contribution in [0.25, 0.3) is 10.9 Å². The third-order valence-corrected chi connectivity index (χ3v) is 3.34. The molecule has 1 N–H and O–H groups in total. The molecule has 0 aliphatic carbocycles. The summed E-state index contributed by atoms with van der Waals surface area (Å²) < 4.78 is 21.8. The third kappa shape index (κ3) is 2.45. The monoisotopic (exact) mass is 263 g/mol. The van der Waals surface area contributed by atoms with Crippen molar-refractivity contribution in [2.45, 2.75) is 5.75 Å². The highest BCUT2D eigenvalue weighted by Gasteiger charge is 2.10. The minimum Gasteiger partial charge on any atom is -0.361 e. The second kappa shape index (κ2) is 3.70. The minimum atomic E-state index is -3.55. The van der Waals surface area contributed by atoms with Gasteiger partial charge in [-0.15, -0.1) is 0 Å². The number of rotatable bonds is 2. The van der Waals surface area contributed by atoms with Gasteiger partial charge in [0.1, 0.15) is 0 Å². The van der Waals surface area contributed by atoms with E-state index in [4.69, 9.17) is 22.3 Å². The van der Waals surface area contributed by atoms with E-state index in [9.17, 15) is 8.42 Å². The van der Waals surface area contributed by atoms with E-state index in [-0.39, 0.29) is 5.75 Å². The van der Waals surface area contributed by atoms with Crippen molar-refractivity contribution in [1.82, 2.24) is 4.98 Å². The van der Waals surface area contributed by atoms with Crippen molar-refractivity contribution in [2.75, 3.05) is 0 Å². The maximum atomic E-state index is 10.9. The number of aromatic nitrogens is 1. The molecule has 2 aromatic rings. The van der Waals surface area contributed by atoms with Crippen molar-refractivity contribution < 1.29 is 8.42 Å². The number of H-pyrrole nitrogens is 1. The predicted molar refractivity (Wildman–Crippen MR) is 61.8 cm³/mol. The molecule has 0 aliphatic heterocycles. The predicted octanol–water partition coefficient (Wildman–Crippen LogP) is 2.89. The molecule has 0 saturated carbocycles. The van der Waals surface area contributed by atoms with E-state index in [1.165, 1.54) is 0 Å². The molecule has 2 rings (SSSR count). The lowest BCUT2D eigenvalue weighted by Gasteiger charge is -2.00. The Morgan fingerprint density at radius 3 is 2.73 bits per heavy atom. The molecule has 0 bridgehead atoms. The third-order valence-electron chi connectivity index (χ3n) is 2.02. The second-order valence-electron chi connectivity index (χ2n) is 3.20. The van der Waals surface area contributed by atoms with Crippen molar-refractivity contribution in [2.24, 2.45) is 0 Å². The summed E-state index contributed by atoms with van der Waals surface area (Å²) in [6.07, 6.45) is 1.75. The first-order valence-electron chi connectivity index (χ1n) is 4.13. The van der Waals surface area contributed by atoms with Crippen LogP contribution in [0.3, 0.4) is 0 Å². The fraction of sp³-hybridized carbons (Fsp3) is 0.111. The summed E-state index contributed by atoms with van der Waals surface area (Å²) in [6.45, 7) is 0. The molecule has 0 fully saturated rings. The molecule has 1 heterocycles. The maximum absolute atomic E-state index is 10.9. The maximum Gasteiger partial charge on any atom is 0.236 e. The lowest BCUT2D eigenvalue weighted by molar-refractivity contribution is 0.609. The Kier molecular flexibility index (Phi) is 2.66. The van der Waals surface area contributed by atoms with Gasteiger partial charge in [-0.1, -0.05) is 11.6 Å². The van der Waals surface area contributed by atoms with Crippen LogP contribution in [-0.4, -0.2) is 13.4 Å². The number of nitrogens with one attached hydrogen (secondary N) is 1. The zero-order chi connectivity index (χ0) is 11.1. The van der Waals surface area contributed by atoms with Gasteiger partial charge in [0.2, 0.25) is 9.05 Å². The highest BCUT2D eigenvalue weighted by atomic mass is 35.7. The van der Waals surface area contributed by atoms with E-state index in [0.717, 1.165) is 10.9 Å². The van der Waals surface area contributed by atoms with Gasteiger partial charge in [0.15, 0.2) is 0 Å².